The van der Waals surface area contributed by atoms with Gasteiger partial charge < -0.3 is 19.2 Å². The van der Waals surface area contributed by atoms with Crippen LogP contribution in [-0.2, 0) is 17.8 Å². The van der Waals surface area contributed by atoms with Gasteiger partial charge in [-0.3, -0.25) is 4.79 Å². The maximum absolute atomic E-state index is 12.4. The molecule has 1 aliphatic rings. The fraction of sp³-hybridized carbons (Fsp3) is 0.250. The molecule has 0 saturated heterocycles. The molecule has 0 saturated carbocycles. The normalized spacial score (nSPS) is 13.3. The first-order valence-electron chi connectivity index (χ1n) is 8.86. The Kier molecular flexibility index (Phi) is 5.48. The zero-order valence-corrected chi connectivity index (χ0v) is 16.1. The molecule has 1 aliphatic heterocycles. The second-order valence-electron chi connectivity index (χ2n) is 6.29. The molecule has 28 heavy (non-hydrogen) atoms. The number of hydrogen-bond acceptors (Lipinski definition) is 7. The highest BCUT2D eigenvalue weighted by Gasteiger charge is 2.19. The Labute approximate surface area is 166 Å². The van der Waals surface area contributed by atoms with Crippen molar-refractivity contribution >= 4 is 17.7 Å². The number of rotatable bonds is 7. The molecule has 1 aromatic heterocycles. The molecule has 2 heterocycles. The largest absolute Gasteiger partial charge is 0.454 e. The number of hydrogen-bond donors (Lipinski definition) is 1. The summed E-state index contributed by atoms with van der Waals surface area (Å²) in [5, 5.41) is 11.0. The summed E-state index contributed by atoms with van der Waals surface area (Å²) >= 11 is 1.24. The van der Waals surface area contributed by atoms with Crippen molar-refractivity contribution in [1.82, 2.24) is 15.5 Å². The summed E-state index contributed by atoms with van der Waals surface area (Å²) < 4.78 is 16.3. The predicted molar refractivity (Wildman–Crippen MR) is 103 cm³/mol. The molecule has 4 rings (SSSR count). The Morgan fingerprint density at radius 2 is 1.93 bits per heavy atom. The number of aromatic nitrogens is 2. The van der Waals surface area contributed by atoms with Crippen LogP contribution in [0, 0.1) is 0 Å². The van der Waals surface area contributed by atoms with Gasteiger partial charge in [-0.2, -0.15) is 0 Å². The molecule has 0 unspecified atom stereocenters. The molecular weight excluding hydrogens is 378 g/mol. The number of ether oxygens (including phenoxy) is 2. The van der Waals surface area contributed by atoms with Gasteiger partial charge in [-0.05, 0) is 30.2 Å². The minimum Gasteiger partial charge on any atom is -0.454 e. The molecular formula is C20H19N3O4S. The highest BCUT2D eigenvalue weighted by molar-refractivity contribution is 8.00. The van der Waals surface area contributed by atoms with E-state index in [0.29, 0.717) is 29.8 Å². The van der Waals surface area contributed by atoms with Crippen LogP contribution in [0.3, 0.4) is 0 Å². The van der Waals surface area contributed by atoms with Gasteiger partial charge in [0, 0.05) is 6.54 Å². The summed E-state index contributed by atoms with van der Waals surface area (Å²) in [7, 11) is 0. The molecule has 7 nitrogen and oxygen atoms in total. The molecule has 144 valence electrons. The van der Waals surface area contributed by atoms with E-state index in [-0.39, 0.29) is 18.0 Å². The molecule has 1 amide bonds. The van der Waals surface area contributed by atoms with Crippen LogP contribution in [0.2, 0.25) is 0 Å². The molecule has 1 atom stereocenters. The number of carbonyl (C=O) groups is 1. The Bertz CT molecular complexity index is 961. The van der Waals surface area contributed by atoms with Gasteiger partial charge in [0.1, 0.15) is 0 Å². The number of benzene rings is 2. The van der Waals surface area contributed by atoms with Crippen molar-refractivity contribution in [3.05, 3.63) is 65.5 Å². The van der Waals surface area contributed by atoms with E-state index < -0.39 is 0 Å². The first-order valence-corrected chi connectivity index (χ1v) is 9.74. The first kappa shape index (κ1) is 18.4. The van der Waals surface area contributed by atoms with E-state index in [1.807, 2.05) is 48.5 Å². The van der Waals surface area contributed by atoms with Gasteiger partial charge in [-0.15, -0.1) is 10.2 Å². The fourth-order valence-electron chi connectivity index (χ4n) is 2.72. The monoisotopic (exact) mass is 397 g/mol. The molecule has 1 N–H and O–H groups in total. The highest BCUT2D eigenvalue weighted by atomic mass is 32.2. The van der Waals surface area contributed by atoms with E-state index in [2.05, 4.69) is 15.5 Å². The second kappa shape index (κ2) is 8.35. The summed E-state index contributed by atoms with van der Waals surface area (Å²) in [5.41, 5.74) is 2.04. The van der Waals surface area contributed by atoms with E-state index in [1.54, 1.807) is 6.92 Å². The topological polar surface area (TPSA) is 86.5 Å². The zero-order chi connectivity index (χ0) is 19.3. The van der Waals surface area contributed by atoms with Crippen molar-refractivity contribution < 1.29 is 18.7 Å². The Morgan fingerprint density at radius 1 is 1.11 bits per heavy atom. The molecule has 2 aromatic carbocycles. The van der Waals surface area contributed by atoms with Crippen LogP contribution in [0.25, 0.3) is 0 Å². The Morgan fingerprint density at radius 3 is 2.79 bits per heavy atom. The van der Waals surface area contributed by atoms with Crippen LogP contribution < -0.4 is 14.8 Å². The van der Waals surface area contributed by atoms with Gasteiger partial charge in [-0.25, -0.2) is 0 Å². The van der Waals surface area contributed by atoms with Gasteiger partial charge in [0.2, 0.25) is 18.6 Å². The summed E-state index contributed by atoms with van der Waals surface area (Å²) in [6.07, 6.45) is 0.569. The molecule has 0 bridgehead atoms. The van der Waals surface area contributed by atoms with Crippen molar-refractivity contribution in [3.63, 3.8) is 0 Å². The molecule has 3 aromatic rings. The Balaban J connectivity index is 1.28. The molecule has 0 radical (unpaired) electrons. The van der Waals surface area contributed by atoms with Crippen LogP contribution in [0.5, 0.6) is 11.5 Å². The van der Waals surface area contributed by atoms with E-state index in [1.165, 1.54) is 11.8 Å². The lowest BCUT2D eigenvalue weighted by Gasteiger charge is -2.10. The van der Waals surface area contributed by atoms with Gasteiger partial charge in [-0.1, -0.05) is 48.2 Å². The van der Waals surface area contributed by atoms with Crippen LogP contribution in [0.4, 0.5) is 0 Å². The van der Waals surface area contributed by atoms with E-state index in [9.17, 15) is 4.79 Å². The minimum atomic E-state index is -0.362. The van der Waals surface area contributed by atoms with Crippen LogP contribution in [0.1, 0.15) is 23.9 Å². The van der Waals surface area contributed by atoms with Gasteiger partial charge in [0.15, 0.2) is 11.5 Å². The maximum atomic E-state index is 12.4. The van der Waals surface area contributed by atoms with Crippen LogP contribution in [-0.4, -0.2) is 28.1 Å². The summed E-state index contributed by atoms with van der Waals surface area (Å²) in [5.74, 6) is 1.85. The summed E-state index contributed by atoms with van der Waals surface area (Å²) in [4.78, 5) is 12.4. The minimum absolute atomic E-state index is 0.106. The van der Waals surface area contributed by atoms with Crippen molar-refractivity contribution in [2.75, 3.05) is 6.79 Å². The average molecular weight is 397 g/mol. The first-order chi connectivity index (χ1) is 13.7. The summed E-state index contributed by atoms with van der Waals surface area (Å²) in [6.45, 7) is 2.44. The predicted octanol–water partition coefficient (Wildman–Crippen LogP) is 3.19. The van der Waals surface area contributed by atoms with Gasteiger partial charge in [0.05, 0.1) is 11.7 Å². The van der Waals surface area contributed by atoms with Crippen LogP contribution in [0.15, 0.2) is 58.2 Å². The molecule has 0 spiro atoms. The van der Waals surface area contributed by atoms with Crippen molar-refractivity contribution in [2.45, 2.75) is 30.4 Å². The third-order valence-electron chi connectivity index (χ3n) is 4.20. The van der Waals surface area contributed by atoms with E-state index >= 15 is 0 Å². The standard InChI is InChI=1S/C20H19N3O4S/c1-13(19(24)21-11-15-7-8-16-17(9-15)26-12-25-16)28-20-23-22-18(27-20)10-14-5-3-2-4-6-14/h2-9,13H,10-12H2,1H3,(H,21,24)/t13-/m1/s1. The smallest absolute Gasteiger partial charge is 0.277 e. The number of fused-ring (bicyclic) bond motifs is 1. The number of nitrogens with zero attached hydrogens (tertiary/aromatic N) is 2. The quantitative estimate of drug-likeness (QED) is 0.613. The van der Waals surface area contributed by atoms with Crippen molar-refractivity contribution in [1.29, 1.82) is 0 Å². The zero-order valence-electron chi connectivity index (χ0n) is 15.3. The fourth-order valence-corrected chi connectivity index (χ4v) is 3.44. The number of amides is 1. The maximum Gasteiger partial charge on any atom is 0.277 e. The van der Waals surface area contributed by atoms with Crippen molar-refractivity contribution in [3.8, 4) is 11.5 Å². The Hall–Kier alpha value is -3.00. The van der Waals surface area contributed by atoms with Gasteiger partial charge in [0.25, 0.3) is 5.22 Å². The second-order valence-corrected chi connectivity index (χ2v) is 7.58. The van der Waals surface area contributed by atoms with E-state index in [4.69, 9.17) is 13.9 Å². The number of thioether (sulfide) groups is 1. The lowest BCUT2D eigenvalue weighted by atomic mass is 10.2. The van der Waals surface area contributed by atoms with E-state index in [0.717, 1.165) is 16.9 Å². The molecule has 8 heteroatoms. The SMILES string of the molecule is C[C@@H](Sc1nnc(Cc2ccccc2)o1)C(=O)NCc1ccc2c(c1)OCO2. The molecule has 0 fully saturated rings. The third kappa shape index (κ3) is 4.45. The van der Waals surface area contributed by atoms with Crippen LogP contribution >= 0.6 is 11.8 Å². The number of nitrogens with one attached hydrogen (secondary N) is 1. The lowest BCUT2D eigenvalue weighted by molar-refractivity contribution is -0.120. The summed E-state index contributed by atoms with van der Waals surface area (Å²) in [6, 6.07) is 15.5. The lowest BCUT2D eigenvalue weighted by Crippen LogP contribution is -2.30. The average Bonchev–Trinajstić information content (AvgIpc) is 3.35. The highest BCUT2D eigenvalue weighted by Crippen LogP contribution is 2.32. The third-order valence-corrected chi connectivity index (χ3v) is 5.13. The molecule has 0 aliphatic carbocycles. The van der Waals surface area contributed by atoms with Gasteiger partial charge >= 0.3 is 0 Å². The number of carbonyl (C=O) groups excluding carboxylic acids is 1. The van der Waals surface area contributed by atoms with Crippen molar-refractivity contribution in [2.24, 2.45) is 0 Å².